The topological polar surface area (TPSA) is 186 Å². The SMILES string of the molecule is CCCCCCCCCCCCCCCCC(=O)OC[C@H](CO[C@@H]1O[C@@H](CS(=O)(=O)O)[C@H](O)C(O)C1O)OC(=O)CCCCCCCCCCC. The highest BCUT2D eigenvalue weighted by molar-refractivity contribution is 7.85. The lowest BCUT2D eigenvalue weighted by molar-refractivity contribution is -0.297. The van der Waals surface area contributed by atoms with E-state index in [9.17, 15) is 37.9 Å². The van der Waals surface area contributed by atoms with E-state index in [1.54, 1.807) is 0 Å². The molecule has 51 heavy (non-hydrogen) atoms. The van der Waals surface area contributed by atoms with Gasteiger partial charge < -0.3 is 34.3 Å². The van der Waals surface area contributed by atoms with Gasteiger partial charge >= 0.3 is 11.9 Å². The van der Waals surface area contributed by atoms with Crippen LogP contribution in [0.3, 0.4) is 0 Å². The van der Waals surface area contributed by atoms with Crippen molar-refractivity contribution < 1.29 is 56.8 Å². The van der Waals surface area contributed by atoms with Crippen LogP contribution in [0.2, 0.25) is 0 Å². The number of hydrogen-bond donors (Lipinski definition) is 4. The van der Waals surface area contributed by atoms with Crippen LogP contribution in [0.15, 0.2) is 0 Å². The molecule has 2 unspecified atom stereocenters. The Hall–Kier alpha value is -1.35. The van der Waals surface area contributed by atoms with E-state index in [-0.39, 0.29) is 19.4 Å². The zero-order valence-electron chi connectivity index (χ0n) is 31.7. The smallest absolute Gasteiger partial charge is 0.306 e. The molecule has 0 aliphatic carbocycles. The molecule has 6 atom stereocenters. The van der Waals surface area contributed by atoms with Crippen LogP contribution in [0.25, 0.3) is 0 Å². The van der Waals surface area contributed by atoms with Crippen molar-refractivity contribution in [2.45, 2.75) is 211 Å². The van der Waals surface area contributed by atoms with Crippen molar-refractivity contribution in [1.82, 2.24) is 0 Å². The van der Waals surface area contributed by atoms with Gasteiger partial charge in [0.1, 0.15) is 36.8 Å². The third-order valence-electron chi connectivity index (χ3n) is 9.44. The number of rotatable bonds is 33. The average Bonchev–Trinajstić information content (AvgIpc) is 3.09. The van der Waals surface area contributed by atoms with Crippen LogP contribution >= 0.6 is 0 Å². The number of ether oxygens (including phenoxy) is 4. The summed E-state index contributed by atoms with van der Waals surface area (Å²) in [5, 5.41) is 30.7. The predicted molar refractivity (Wildman–Crippen MR) is 197 cm³/mol. The fourth-order valence-corrected chi connectivity index (χ4v) is 6.96. The quantitative estimate of drug-likeness (QED) is 0.0308. The first kappa shape index (κ1) is 47.7. The van der Waals surface area contributed by atoms with E-state index in [2.05, 4.69) is 13.8 Å². The monoisotopic (exact) mass is 752 g/mol. The highest BCUT2D eigenvalue weighted by atomic mass is 32.2. The van der Waals surface area contributed by atoms with Crippen LogP contribution in [0.1, 0.15) is 174 Å². The molecule has 1 aliphatic heterocycles. The second kappa shape index (κ2) is 30.0. The minimum atomic E-state index is -4.59. The van der Waals surface area contributed by atoms with Gasteiger partial charge in [-0.15, -0.1) is 0 Å². The number of carbonyl (C=O) groups excluding carboxylic acids is 2. The Labute approximate surface area is 308 Å². The average molecular weight is 753 g/mol. The van der Waals surface area contributed by atoms with Gasteiger partial charge in [-0.3, -0.25) is 14.1 Å². The van der Waals surface area contributed by atoms with Gasteiger partial charge in [0.05, 0.1) is 6.61 Å². The van der Waals surface area contributed by atoms with Gasteiger partial charge in [-0.1, -0.05) is 149 Å². The summed E-state index contributed by atoms with van der Waals surface area (Å²) in [6, 6.07) is 0. The summed E-state index contributed by atoms with van der Waals surface area (Å²) >= 11 is 0. The zero-order valence-corrected chi connectivity index (χ0v) is 32.5. The van der Waals surface area contributed by atoms with Gasteiger partial charge in [0.25, 0.3) is 10.1 Å². The molecule has 0 bridgehead atoms. The minimum Gasteiger partial charge on any atom is -0.462 e. The Balaban J connectivity index is 2.48. The van der Waals surface area contributed by atoms with Crippen LogP contribution in [-0.2, 0) is 38.7 Å². The van der Waals surface area contributed by atoms with Crippen molar-refractivity contribution >= 4 is 22.1 Å². The molecule has 0 amide bonds. The molecule has 1 fully saturated rings. The van der Waals surface area contributed by atoms with Crippen molar-refractivity contribution in [1.29, 1.82) is 0 Å². The first-order valence-electron chi connectivity index (χ1n) is 20.1. The Bertz CT molecular complexity index is 978. The molecular formula is C38H72O12S. The number of aliphatic hydroxyl groups excluding tert-OH is 3. The molecular weight excluding hydrogens is 680 g/mol. The van der Waals surface area contributed by atoms with Crippen LogP contribution in [0.5, 0.6) is 0 Å². The molecule has 0 spiro atoms. The van der Waals surface area contributed by atoms with Crippen LogP contribution < -0.4 is 0 Å². The normalized spacial score (nSPS) is 21.4. The molecule has 0 aromatic carbocycles. The lowest BCUT2D eigenvalue weighted by Gasteiger charge is -2.40. The fourth-order valence-electron chi connectivity index (χ4n) is 6.26. The van der Waals surface area contributed by atoms with Crippen molar-refractivity contribution in [2.24, 2.45) is 0 Å². The fraction of sp³-hybridized carbons (Fsp3) is 0.947. The first-order chi connectivity index (χ1) is 24.5. The second-order valence-electron chi connectivity index (χ2n) is 14.3. The lowest BCUT2D eigenvalue weighted by Crippen LogP contribution is -2.60. The maximum atomic E-state index is 12.7. The van der Waals surface area contributed by atoms with Gasteiger partial charge in [-0.2, -0.15) is 8.42 Å². The summed E-state index contributed by atoms with van der Waals surface area (Å²) in [6.07, 6.45) is 17.4. The van der Waals surface area contributed by atoms with E-state index >= 15 is 0 Å². The van der Waals surface area contributed by atoms with Gasteiger partial charge in [-0.25, -0.2) is 0 Å². The van der Waals surface area contributed by atoms with Crippen LogP contribution in [0.4, 0.5) is 0 Å². The summed E-state index contributed by atoms with van der Waals surface area (Å²) in [6.45, 7) is 3.72. The Kier molecular flexibility index (Phi) is 28.1. The maximum absolute atomic E-state index is 12.7. The highest BCUT2D eigenvalue weighted by Gasteiger charge is 2.46. The zero-order chi connectivity index (χ0) is 37.7. The molecule has 13 heteroatoms. The van der Waals surface area contributed by atoms with Gasteiger partial charge in [0.15, 0.2) is 12.4 Å². The second-order valence-corrected chi connectivity index (χ2v) is 15.8. The number of hydrogen-bond acceptors (Lipinski definition) is 11. The molecule has 302 valence electrons. The molecule has 0 aromatic rings. The van der Waals surface area contributed by atoms with Crippen LogP contribution in [-0.4, -0.2) is 96.0 Å². The van der Waals surface area contributed by atoms with E-state index in [0.29, 0.717) is 12.8 Å². The predicted octanol–water partition coefficient (Wildman–Crippen LogP) is 6.95. The summed E-state index contributed by atoms with van der Waals surface area (Å²) in [4.78, 5) is 25.2. The molecule has 0 aromatic heterocycles. The van der Waals surface area contributed by atoms with E-state index in [4.69, 9.17) is 18.9 Å². The number of aliphatic hydroxyl groups is 3. The van der Waals surface area contributed by atoms with Gasteiger partial charge in [0.2, 0.25) is 0 Å². The van der Waals surface area contributed by atoms with E-state index in [0.717, 1.165) is 38.5 Å². The Morgan fingerprint density at radius 2 is 1.00 bits per heavy atom. The molecule has 1 aliphatic rings. The molecule has 1 heterocycles. The number of esters is 2. The molecule has 1 saturated heterocycles. The molecule has 0 radical (unpaired) electrons. The third-order valence-corrected chi connectivity index (χ3v) is 10.2. The first-order valence-corrected chi connectivity index (χ1v) is 21.7. The van der Waals surface area contributed by atoms with Crippen molar-refractivity contribution in [2.75, 3.05) is 19.0 Å². The summed E-state index contributed by atoms with van der Waals surface area (Å²) in [5.74, 6) is -1.97. The lowest BCUT2D eigenvalue weighted by atomic mass is 10.00. The van der Waals surface area contributed by atoms with Crippen LogP contribution in [0, 0.1) is 0 Å². The molecule has 12 nitrogen and oxygen atoms in total. The highest BCUT2D eigenvalue weighted by Crippen LogP contribution is 2.24. The summed E-state index contributed by atoms with van der Waals surface area (Å²) in [5.41, 5.74) is 0. The van der Waals surface area contributed by atoms with Crippen molar-refractivity contribution in [3.8, 4) is 0 Å². The standard InChI is InChI=1S/C38H72O12S/c1-3-5-7-9-11-13-14-15-16-17-19-20-22-24-26-33(39)47-28-31(49-34(40)27-25-23-21-18-12-10-8-6-4-2)29-48-38-37(43)36(42)35(41)32(50-38)30-51(44,45)46/h31-32,35-38,41-43H,3-30H2,1-2H3,(H,44,45,46)/t31-,32+,35+,36?,37?,38-/m1/s1. The number of carbonyl (C=O) groups is 2. The van der Waals surface area contributed by atoms with E-state index in [1.165, 1.54) is 96.3 Å². The number of unbranched alkanes of at least 4 members (excludes halogenated alkanes) is 21. The molecule has 1 rings (SSSR count). The largest absolute Gasteiger partial charge is 0.462 e. The Morgan fingerprint density at radius 1 is 0.588 bits per heavy atom. The van der Waals surface area contributed by atoms with E-state index < -0.39 is 71.2 Å². The van der Waals surface area contributed by atoms with Gasteiger partial charge in [0, 0.05) is 12.8 Å². The molecule has 4 N–H and O–H groups in total. The Morgan fingerprint density at radius 3 is 1.43 bits per heavy atom. The minimum absolute atomic E-state index is 0.170. The van der Waals surface area contributed by atoms with Gasteiger partial charge in [-0.05, 0) is 12.8 Å². The van der Waals surface area contributed by atoms with E-state index in [1.807, 2.05) is 0 Å². The third kappa shape index (κ3) is 25.3. The summed E-state index contributed by atoms with van der Waals surface area (Å²) in [7, 11) is -4.59. The molecule has 0 saturated carbocycles. The maximum Gasteiger partial charge on any atom is 0.306 e. The summed E-state index contributed by atoms with van der Waals surface area (Å²) < 4.78 is 53.8. The van der Waals surface area contributed by atoms with Crippen molar-refractivity contribution in [3.63, 3.8) is 0 Å². The van der Waals surface area contributed by atoms with Crippen molar-refractivity contribution in [3.05, 3.63) is 0 Å².